The van der Waals surface area contributed by atoms with Crippen LogP contribution in [0.3, 0.4) is 0 Å². The molecule has 4 nitrogen and oxygen atoms in total. The van der Waals surface area contributed by atoms with Crippen LogP contribution in [0.1, 0.15) is 62.2 Å². The zero-order chi connectivity index (χ0) is 19.9. The van der Waals surface area contributed by atoms with Gasteiger partial charge in [0.1, 0.15) is 5.75 Å². The average Bonchev–Trinajstić information content (AvgIpc) is 3.12. The Morgan fingerprint density at radius 3 is 2.56 bits per heavy atom. The Bertz CT molecular complexity index is 640. The Kier molecular flexibility index (Phi) is 7.68. The molecule has 0 saturated heterocycles. The molecule has 1 aromatic carbocycles. The molecule has 1 amide bonds. The number of halogens is 3. The number of Topliss-reactive ketones (excluding diaryl/α,β-unsaturated/α-hetero) is 1. The first-order valence-electron chi connectivity index (χ1n) is 9.36. The third-order valence-corrected chi connectivity index (χ3v) is 4.77. The van der Waals surface area contributed by atoms with Gasteiger partial charge in [0.2, 0.25) is 5.91 Å². The predicted octanol–water partition coefficient (Wildman–Crippen LogP) is 4.77. The van der Waals surface area contributed by atoms with Crippen molar-refractivity contribution in [1.82, 2.24) is 4.90 Å². The van der Waals surface area contributed by atoms with E-state index in [1.807, 2.05) is 0 Å². The van der Waals surface area contributed by atoms with Crippen LogP contribution in [-0.2, 0) is 4.79 Å². The second-order valence-corrected chi connectivity index (χ2v) is 6.93. The molecule has 2 rings (SSSR count). The van der Waals surface area contributed by atoms with Gasteiger partial charge in [-0.1, -0.05) is 25.0 Å². The van der Waals surface area contributed by atoms with E-state index in [1.54, 1.807) is 24.3 Å². The maximum absolute atomic E-state index is 12.6. The van der Waals surface area contributed by atoms with Gasteiger partial charge in [-0.15, -0.1) is 0 Å². The Labute approximate surface area is 157 Å². The maximum Gasteiger partial charge on any atom is 0.390 e. The number of alkyl halides is 3. The molecule has 0 bridgehead atoms. The lowest BCUT2D eigenvalue weighted by atomic mass is 10.1. The standard InChI is InChI=1S/C20H26F3NO3/c1-15(25)16-6-4-9-18(14-16)27-13-5-10-19(26)24(12-11-20(21,22)23)17-7-2-3-8-17/h4,6,9,14,17H,2-3,5,7-8,10-13H2,1H3. The molecule has 150 valence electrons. The molecular formula is C20H26F3NO3. The number of benzene rings is 1. The van der Waals surface area contributed by atoms with Crippen LogP contribution in [0.2, 0.25) is 0 Å². The topological polar surface area (TPSA) is 46.6 Å². The van der Waals surface area contributed by atoms with Crippen LogP contribution in [0.25, 0.3) is 0 Å². The molecule has 0 N–H and O–H groups in total. The zero-order valence-corrected chi connectivity index (χ0v) is 15.6. The number of hydrogen-bond acceptors (Lipinski definition) is 3. The third kappa shape index (κ3) is 7.23. The van der Waals surface area contributed by atoms with Gasteiger partial charge in [-0.2, -0.15) is 13.2 Å². The van der Waals surface area contributed by atoms with Crippen molar-refractivity contribution in [2.75, 3.05) is 13.2 Å². The normalized spacial score (nSPS) is 15.0. The van der Waals surface area contributed by atoms with Crippen molar-refractivity contribution < 1.29 is 27.5 Å². The number of carbonyl (C=O) groups is 2. The minimum Gasteiger partial charge on any atom is -0.494 e. The minimum absolute atomic E-state index is 0.0625. The van der Waals surface area contributed by atoms with Gasteiger partial charge in [0, 0.05) is 24.6 Å². The van der Waals surface area contributed by atoms with Crippen molar-refractivity contribution in [3.05, 3.63) is 29.8 Å². The number of nitrogens with zero attached hydrogens (tertiary/aromatic N) is 1. The van der Waals surface area contributed by atoms with Crippen LogP contribution >= 0.6 is 0 Å². The van der Waals surface area contributed by atoms with Crippen molar-refractivity contribution in [1.29, 1.82) is 0 Å². The van der Waals surface area contributed by atoms with E-state index in [9.17, 15) is 22.8 Å². The van der Waals surface area contributed by atoms with E-state index >= 15 is 0 Å². The zero-order valence-electron chi connectivity index (χ0n) is 15.6. The fourth-order valence-corrected chi connectivity index (χ4v) is 3.34. The van der Waals surface area contributed by atoms with Gasteiger partial charge in [-0.3, -0.25) is 9.59 Å². The van der Waals surface area contributed by atoms with Crippen LogP contribution in [-0.4, -0.2) is 42.0 Å². The summed E-state index contributed by atoms with van der Waals surface area (Å²) in [6, 6.07) is 6.70. The van der Waals surface area contributed by atoms with Crippen LogP contribution in [0.5, 0.6) is 5.75 Å². The molecule has 0 radical (unpaired) electrons. The molecule has 1 aliphatic rings. The number of ketones is 1. The SMILES string of the molecule is CC(=O)c1cccc(OCCCC(=O)N(CCC(F)(F)F)C2CCCC2)c1. The molecule has 0 aromatic heterocycles. The van der Waals surface area contributed by atoms with E-state index in [2.05, 4.69) is 0 Å². The second-order valence-electron chi connectivity index (χ2n) is 6.93. The molecular weight excluding hydrogens is 359 g/mol. The first kappa shape index (κ1) is 21.3. The summed E-state index contributed by atoms with van der Waals surface area (Å²) in [5.74, 6) is 0.236. The van der Waals surface area contributed by atoms with Gasteiger partial charge in [-0.05, 0) is 38.3 Å². The fraction of sp³-hybridized carbons (Fsp3) is 0.600. The van der Waals surface area contributed by atoms with Crippen molar-refractivity contribution in [2.24, 2.45) is 0 Å². The first-order chi connectivity index (χ1) is 12.8. The van der Waals surface area contributed by atoms with Gasteiger partial charge < -0.3 is 9.64 Å². The maximum atomic E-state index is 12.6. The molecule has 0 unspecified atom stereocenters. The highest BCUT2D eigenvalue weighted by Gasteiger charge is 2.32. The molecule has 27 heavy (non-hydrogen) atoms. The quantitative estimate of drug-likeness (QED) is 0.454. The van der Waals surface area contributed by atoms with Crippen molar-refractivity contribution in [3.8, 4) is 5.75 Å². The van der Waals surface area contributed by atoms with E-state index in [0.717, 1.165) is 25.7 Å². The second kappa shape index (κ2) is 9.76. The largest absolute Gasteiger partial charge is 0.494 e. The van der Waals surface area contributed by atoms with Crippen molar-refractivity contribution in [3.63, 3.8) is 0 Å². The molecule has 0 atom stereocenters. The smallest absolute Gasteiger partial charge is 0.390 e. The summed E-state index contributed by atoms with van der Waals surface area (Å²) in [5, 5.41) is 0. The van der Waals surface area contributed by atoms with Crippen molar-refractivity contribution in [2.45, 2.75) is 64.1 Å². The lowest BCUT2D eigenvalue weighted by Crippen LogP contribution is -2.41. The van der Waals surface area contributed by atoms with Gasteiger partial charge in [-0.25, -0.2) is 0 Å². The Hall–Kier alpha value is -2.05. The fourth-order valence-electron chi connectivity index (χ4n) is 3.34. The van der Waals surface area contributed by atoms with E-state index in [0.29, 0.717) is 17.7 Å². The summed E-state index contributed by atoms with van der Waals surface area (Å²) in [6.45, 7) is 1.47. The lowest BCUT2D eigenvalue weighted by Gasteiger charge is -2.29. The summed E-state index contributed by atoms with van der Waals surface area (Å²) < 4.78 is 43.3. The molecule has 1 aromatic rings. The highest BCUT2D eigenvalue weighted by molar-refractivity contribution is 5.94. The number of ether oxygens (including phenoxy) is 1. The summed E-state index contributed by atoms with van der Waals surface area (Å²) in [7, 11) is 0. The van der Waals surface area contributed by atoms with Crippen LogP contribution < -0.4 is 4.74 Å². The van der Waals surface area contributed by atoms with Gasteiger partial charge in [0.25, 0.3) is 0 Å². The van der Waals surface area contributed by atoms with E-state index in [-0.39, 0.29) is 37.3 Å². The van der Waals surface area contributed by atoms with Gasteiger partial charge in [0.05, 0.1) is 13.0 Å². The average molecular weight is 385 g/mol. The Balaban J connectivity index is 1.82. The summed E-state index contributed by atoms with van der Waals surface area (Å²) in [4.78, 5) is 25.2. The van der Waals surface area contributed by atoms with Crippen LogP contribution in [0.15, 0.2) is 24.3 Å². The van der Waals surface area contributed by atoms with Gasteiger partial charge in [0.15, 0.2) is 5.78 Å². The van der Waals surface area contributed by atoms with E-state index in [1.165, 1.54) is 11.8 Å². The van der Waals surface area contributed by atoms with Crippen molar-refractivity contribution >= 4 is 11.7 Å². The Morgan fingerprint density at radius 2 is 1.93 bits per heavy atom. The summed E-state index contributed by atoms with van der Waals surface area (Å²) >= 11 is 0. The van der Waals surface area contributed by atoms with E-state index in [4.69, 9.17) is 4.74 Å². The molecule has 1 saturated carbocycles. The van der Waals surface area contributed by atoms with Gasteiger partial charge >= 0.3 is 6.18 Å². The van der Waals surface area contributed by atoms with Crippen LogP contribution in [0, 0.1) is 0 Å². The summed E-state index contributed by atoms with van der Waals surface area (Å²) in [5.41, 5.74) is 0.545. The number of amides is 1. The first-order valence-corrected chi connectivity index (χ1v) is 9.36. The lowest BCUT2D eigenvalue weighted by molar-refractivity contribution is -0.147. The number of rotatable bonds is 9. The molecule has 0 aliphatic heterocycles. The monoisotopic (exact) mass is 385 g/mol. The molecule has 1 aliphatic carbocycles. The molecule has 0 heterocycles. The Morgan fingerprint density at radius 1 is 1.22 bits per heavy atom. The summed E-state index contributed by atoms with van der Waals surface area (Å²) in [6.07, 6.45) is -1.20. The highest BCUT2D eigenvalue weighted by atomic mass is 19.4. The van der Waals surface area contributed by atoms with E-state index < -0.39 is 12.6 Å². The van der Waals surface area contributed by atoms with Crippen LogP contribution in [0.4, 0.5) is 13.2 Å². The highest BCUT2D eigenvalue weighted by Crippen LogP contribution is 2.27. The minimum atomic E-state index is -4.26. The third-order valence-electron chi connectivity index (χ3n) is 4.77. The molecule has 7 heteroatoms. The number of hydrogen-bond donors (Lipinski definition) is 0. The number of carbonyl (C=O) groups excluding carboxylic acids is 2. The molecule has 0 spiro atoms. The molecule has 1 fully saturated rings. The predicted molar refractivity (Wildman–Crippen MR) is 95.8 cm³/mol.